The summed E-state index contributed by atoms with van der Waals surface area (Å²) in [5.41, 5.74) is 0.788. The molecule has 8 heteroatoms. The summed E-state index contributed by atoms with van der Waals surface area (Å²) in [4.78, 5) is 25.3. The van der Waals surface area contributed by atoms with Gasteiger partial charge in [-0.1, -0.05) is 11.6 Å². The number of aromatic nitrogens is 1. The van der Waals surface area contributed by atoms with Crippen molar-refractivity contribution in [2.24, 2.45) is 0 Å². The maximum Gasteiger partial charge on any atom is 0.265 e. The van der Waals surface area contributed by atoms with Gasteiger partial charge in [0.05, 0.1) is 5.69 Å². The Morgan fingerprint density at radius 2 is 1.67 bits per heavy atom. The Morgan fingerprint density at radius 3 is 2.33 bits per heavy atom. The summed E-state index contributed by atoms with van der Waals surface area (Å²) in [5.74, 6) is 0.840. The van der Waals surface area contributed by atoms with Crippen LogP contribution in [0.2, 0.25) is 5.02 Å². The van der Waals surface area contributed by atoms with E-state index >= 15 is 0 Å². The number of benzene rings is 1. The molecule has 0 radical (unpaired) electrons. The molecule has 2 fully saturated rings. The highest BCUT2D eigenvalue weighted by Gasteiger charge is 2.26. The summed E-state index contributed by atoms with van der Waals surface area (Å²) < 4.78 is 5.78. The van der Waals surface area contributed by atoms with Gasteiger partial charge in [0.1, 0.15) is 22.2 Å². The monoisotopic (exact) mass is 448 g/mol. The Balaban J connectivity index is 1.26. The van der Waals surface area contributed by atoms with Crippen LogP contribution in [0, 0.1) is 6.92 Å². The third-order valence-corrected chi connectivity index (χ3v) is 7.17. The number of hydrogen-bond acceptors (Lipinski definition) is 6. The van der Waals surface area contributed by atoms with Gasteiger partial charge in [-0.3, -0.25) is 9.69 Å². The fourth-order valence-corrected chi connectivity index (χ4v) is 5.07. The van der Waals surface area contributed by atoms with Gasteiger partial charge in [0.2, 0.25) is 0 Å². The van der Waals surface area contributed by atoms with Crippen LogP contribution in [0.15, 0.2) is 24.3 Å². The molecule has 0 saturated carbocycles. The molecule has 1 amide bonds. The number of amides is 1. The van der Waals surface area contributed by atoms with Crippen LogP contribution in [0.4, 0.5) is 0 Å². The number of ether oxygens (including phenoxy) is 1. The Kier molecular flexibility index (Phi) is 7.25. The van der Waals surface area contributed by atoms with E-state index in [0.29, 0.717) is 11.6 Å². The molecule has 2 aliphatic rings. The predicted molar refractivity (Wildman–Crippen MR) is 121 cm³/mol. The van der Waals surface area contributed by atoms with E-state index in [9.17, 15) is 4.79 Å². The highest BCUT2D eigenvalue weighted by molar-refractivity contribution is 7.13. The van der Waals surface area contributed by atoms with Crippen LogP contribution in [0.3, 0.4) is 0 Å². The molecule has 0 atom stereocenters. The minimum absolute atomic E-state index is 0.0990. The molecule has 3 heterocycles. The van der Waals surface area contributed by atoms with Gasteiger partial charge in [0.15, 0.2) is 0 Å². The topological polar surface area (TPSA) is 48.9 Å². The molecule has 30 heavy (non-hydrogen) atoms. The largest absolute Gasteiger partial charge is 0.486 e. The summed E-state index contributed by atoms with van der Waals surface area (Å²) in [6.45, 7) is 10.5. The zero-order valence-corrected chi connectivity index (χ0v) is 19.1. The first kappa shape index (κ1) is 21.6. The first-order chi connectivity index (χ1) is 14.6. The molecule has 162 valence electrons. The lowest BCUT2D eigenvalue weighted by Gasteiger charge is -2.35. The standard InChI is InChI=1S/C22H29ClN4O2S/c1-17-21(30-20(24-17)16-29-19-6-4-18(23)5-7-19)22(28)27-14-12-26(13-15-27)11-10-25-8-2-3-9-25/h4-7H,2-3,8-16H2,1H3. The molecule has 1 aromatic carbocycles. The number of hydrogen-bond donors (Lipinski definition) is 0. The van der Waals surface area contributed by atoms with Gasteiger partial charge in [-0.2, -0.15) is 0 Å². The van der Waals surface area contributed by atoms with Gasteiger partial charge in [-0.25, -0.2) is 4.98 Å². The third-order valence-electron chi connectivity index (χ3n) is 5.80. The summed E-state index contributed by atoms with van der Waals surface area (Å²) in [7, 11) is 0. The maximum absolute atomic E-state index is 13.0. The average Bonchev–Trinajstić information content (AvgIpc) is 3.41. The first-order valence-electron chi connectivity index (χ1n) is 10.7. The molecule has 0 N–H and O–H groups in total. The second-order valence-corrected chi connectivity index (χ2v) is 9.47. The Bertz CT molecular complexity index is 843. The van der Waals surface area contributed by atoms with Crippen molar-refractivity contribution in [1.29, 1.82) is 0 Å². The SMILES string of the molecule is Cc1nc(COc2ccc(Cl)cc2)sc1C(=O)N1CCN(CCN2CCCC2)CC1. The molecular formula is C22H29ClN4O2S. The predicted octanol–water partition coefficient (Wildman–Crippen LogP) is 3.54. The van der Waals surface area contributed by atoms with E-state index < -0.39 is 0 Å². The molecule has 2 aliphatic heterocycles. The van der Waals surface area contributed by atoms with E-state index in [2.05, 4.69) is 14.8 Å². The lowest BCUT2D eigenvalue weighted by Crippen LogP contribution is -2.50. The van der Waals surface area contributed by atoms with Crippen LogP contribution >= 0.6 is 22.9 Å². The molecular weight excluding hydrogens is 420 g/mol. The van der Waals surface area contributed by atoms with E-state index in [-0.39, 0.29) is 5.91 Å². The van der Waals surface area contributed by atoms with Crippen molar-refractivity contribution in [2.45, 2.75) is 26.4 Å². The minimum Gasteiger partial charge on any atom is -0.486 e. The van der Waals surface area contributed by atoms with Crippen LogP contribution in [-0.2, 0) is 6.61 Å². The van der Waals surface area contributed by atoms with E-state index in [0.717, 1.165) is 60.6 Å². The fraction of sp³-hybridized carbons (Fsp3) is 0.545. The molecule has 1 aromatic heterocycles. The van der Waals surface area contributed by atoms with Crippen molar-refractivity contribution in [3.63, 3.8) is 0 Å². The second kappa shape index (κ2) is 10.1. The molecule has 0 bridgehead atoms. The van der Waals surface area contributed by atoms with Crippen LogP contribution < -0.4 is 4.74 Å². The van der Waals surface area contributed by atoms with Crippen molar-refractivity contribution >= 4 is 28.8 Å². The van der Waals surface area contributed by atoms with Gasteiger partial charge in [0.25, 0.3) is 5.91 Å². The molecule has 4 rings (SSSR count). The number of thiazole rings is 1. The van der Waals surface area contributed by atoms with Crippen molar-refractivity contribution in [2.75, 3.05) is 52.4 Å². The average molecular weight is 449 g/mol. The zero-order chi connectivity index (χ0) is 20.9. The number of carbonyl (C=O) groups excluding carboxylic acids is 1. The van der Waals surface area contributed by atoms with Crippen LogP contribution in [0.1, 0.15) is 33.2 Å². The van der Waals surface area contributed by atoms with Crippen LogP contribution in [0.25, 0.3) is 0 Å². The Hall–Kier alpha value is -1.67. The van der Waals surface area contributed by atoms with Gasteiger partial charge >= 0.3 is 0 Å². The van der Waals surface area contributed by atoms with Crippen LogP contribution in [0.5, 0.6) is 5.75 Å². The summed E-state index contributed by atoms with van der Waals surface area (Å²) in [6, 6.07) is 7.25. The highest BCUT2D eigenvalue weighted by atomic mass is 35.5. The number of halogens is 1. The smallest absolute Gasteiger partial charge is 0.265 e. The van der Waals surface area contributed by atoms with Crippen molar-refractivity contribution in [1.82, 2.24) is 19.7 Å². The van der Waals surface area contributed by atoms with E-state index in [1.165, 1.54) is 37.3 Å². The maximum atomic E-state index is 13.0. The molecule has 2 saturated heterocycles. The summed E-state index contributed by atoms with van der Waals surface area (Å²) in [6.07, 6.45) is 2.67. The zero-order valence-electron chi connectivity index (χ0n) is 17.5. The summed E-state index contributed by atoms with van der Waals surface area (Å²) in [5, 5.41) is 1.49. The molecule has 2 aromatic rings. The number of likely N-dealkylation sites (tertiary alicyclic amines) is 1. The minimum atomic E-state index is 0.0990. The number of piperazine rings is 1. The number of nitrogens with zero attached hydrogens (tertiary/aromatic N) is 4. The molecule has 0 unspecified atom stereocenters. The van der Waals surface area contributed by atoms with E-state index in [1.54, 1.807) is 12.1 Å². The van der Waals surface area contributed by atoms with Crippen molar-refractivity contribution < 1.29 is 9.53 Å². The first-order valence-corrected chi connectivity index (χ1v) is 11.9. The fourth-order valence-electron chi connectivity index (χ4n) is 4.00. The van der Waals surface area contributed by atoms with Gasteiger partial charge in [0, 0.05) is 44.3 Å². The Morgan fingerprint density at radius 1 is 1.03 bits per heavy atom. The van der Waals surface area contributed by atoms with Crippen molar-refractivity contribution in [3.05, 3.63) is 44.9 Å². The molecule has 6 nitrogen and oxygen atoms in total. The third kappa shape index (κ3) is 5.52. The summed E-state index contributed by atoms with van der Waals surface area (Å²) >= 11 is 7.34. The normalized spacial score (nSPS) is 18.1. The van der Waals surface area contributed by atoms with Gasteiger partial charge in [-0.15, -0.1) is 11.3 Å². The second-order valence-electron chi connectivity index (χ2n) is 7.95. The number of carbonyl (C=O) groups is 1. The lowest BCUT2D eigenvalue weighted by molar-refractivity contribution is 0.0630. The van der Waals surface area contributed by atoms with Crippen molar-refractivity contribution in [3.8, 4) is 5.75 Å². The Labute approximate surface area is 187 Å². The van der Waals surface area contributed by atoms with E-state index in [4.69, 9.17) is 16.3 Å². The number of aryl methyl sites for hydroxylation is 1. The molecule has 0 aliphatic carbocycles. The van der Waals surface area contributed by atoms with Crippen LogP contribution in [-0.4, -0.2) is 77.9 Å². The van der Waals surface area contributed by atoms with Gasteiger partial charge in [-0.05, 0) is 57.1 Å². The lowest BCUT2D eigenvalue weighted by atomic mass is 10.2. The highest BCUT2D eigenvalue weighted by Crippen LogP contribution is 2.23. The molecule has 0 spiro atoms. The quantitative estimate of drug-likeness (QED) is 0.648. The number of rotatable bonds is 7. The van der Waals surface area contributed by atoms with E-state index in [1.807, 2.05) is 24.0 Å². The van der Waals surface area contributed by atoms with Gasteiger partial charge < -0.3 is 14.5 Å².